The van der Waals surface area contributed by atoms with E-state index in [1.807, 2.05) is 32.0 Å². The summed E-state index contributed by atoms with van der Waals surface area (Å²) in [5.74, 6) is 0.390. The molecule has 1 heterocycles. The number of aryl methyl sites for hydroxylation is 2. The van der Waals surface area contributed by atoms with Crippen molar-refractivity contribution >= 4 is 17.7 Å². The van der Waals surface area contributed by atoms with Gasteiger partial charge in [0, 0.05) is 18.2 Å². The fraction of sp³-hybridized carbons (Fsp3) is 0.350. The normalized spacial score (nSPS) is 11.1. The van der Waals surface area contributed by atoms with E-state index in [2.05, 4.69) is 10.3 Å². The van der Waals surface area contributed by atoms with Crippen LogP contribution < -0.4 is 5.32 Å². The Labute approximate surface area is 148 Å². The number of carbonyl (C=O) groups excluding carboxylic acids is 2. The van der Waals surface area contributed by atoms with Crippen LogP contribution in [-0.2, 0) is 11.2 Å². The molecule has 0 spiro atoms. The number of nitrogens with one attached hydrogen (secondary N) is 1. The molecule has 0 aliphatic carbocycles. The zero-order valence-electron chi connectivity index (χ0n) is 15.3. The second-order valence-corrected chi connectivity index (χ2v) is 7.15. The van der Waals surface area contributed by atoms with Gasteiger partial charge in [-0.15, -0.1) is 0 Å². The lowest BCUT2D eigenvalue weighted by Gasteiger charge is -2.19. The first-order chi connectivity index (χ1) is 11.6. The minimum absolute atomic E-state index is 0.0289. The van der Waals surface area contributed by atoms with Gasteiger partial charge in [0.2, 0.25) is 0 Å². The van der Waals surface area contributed by atoms with Crippen LogP contribution in [0.4, 0.5) is 10.6 Å². The van der Waals surface area contributed by atoms with E-state index in [1.54, 1.807) is 39.1 Å². The highest BCUT2D eigenvalue weighted by Gasteiger charge is 2.17. The van der Waals surface area contributed by atoms with Crippen molar-refractivity contribution in [2.75, 3.05) is 5.32 Å². The summed E-state index contributed by atoms with van der Waals surface area (Å²) in [6.07, 6.45) is 1.24. The minimum atomic E-state index is -0.583. The van der Waals surface area contributed by atoms with Crippen molar-refractivity contribution in [3.05, 3.63) is 58.8 Å². The number of anilines is 1. The Hall–Kier alpha value is -2.69. The molecule has 5 nitrogen and oxygen atoms in total. The van der Waals surface area contributed by atoms with Gasteiger partial charge in [-0.25, -0.2) is 9.78 Å². The maximum atomic E-state index is 12.5. The fourth-order valence-corrected chi connectivity index (χ4v) is 2.48. The number of nitrogens with zero attached hydrogens (tertiary/aromatic N) is 1. The Morgan fingerprint density at radius 3 is 2.32 bits per heavy atom. The Morgan fingerprint density at radius 1 is 1.08 bits per heavy atom. The van der Waals surface area contributed by atoms with Crippen LogP contribution in [0.1, 0.15) is 47.8 Å². The van der Waals surface area contributed by atoms with Gasteiger partial charge in [-0.2, -0.15) is 0 Å². The topological polar surface area (TPSA) is 68.3 Å². The summed E-state index contributed by atoms with van der Waals surface area (Å²) in [5, 5.41) is 2.59. The van der Waals surface area contributed by atoms with Crippen molar-refractivity contribution in [3.63, 3.8) is 0 Å². The van der Waals surface area contributed by atoms with Gasteiger partial charge in [-0.1, -0.05) is 17.2 Å². The van der Waals surface area contributed by atoms with Crippen LogP contribution in [0.25, 0.3) is 0 Å². The van der Waals surface area contributed by atoms with E-state index in [0.29, 0.717) is 11.4 Å². The number of hydrogen-bond donors (Lipinski definition) is 1. The number of benzene rings is 1. The highest BCUT2D eigenvalue weighted by molar-refractivity contribution is 5.98. The van der Waals surface area contributed by atoms with E-state index in [9.17, 15) is 9.59 Å². The molecule has 0 saturated heterocycles. The van der Waals surface area contributed by atoms with Crippen molar-refractivity contribution < 1.29 is 14.3 Å². The molecule has 132 valence electrons. The third kappa shape index (κ3) is 6.03. The molecule has 2 aromatic rings. The first-order valence-electron chi connectivity index (χ1n) is 8.19. The molecule has 25 heavy (non-hydrogen) atoms. The van der Waals surface area contributed by atoms with Crippen LogP contribution in [0.5, 0.6) is 0 Å². The van der Waals surface area contributed by atoms with Crippen LogP contribution >= 0.6 is 0 Å². The molecule has 0 atom stereocenters. The number of ether oxygens (including phenoxy) is 1. The maximum Gasteiger partial charge on any atom is 0.413 e. The van der Waals surface area contributed by atoms with Gasteiger partial charge < -0.3 is 4.74 Å². The predicted molar refractivity (Wildman–Crippen MR) is 98.0 cm³/mol. The molecule has 0 unspecified atom stereocenters. The van der Waals surface area contributed by atoms with E-state index >= 15 is 0 Å². The van der Waals surface area contributed by atoms with Crippen molar-refractivity contribution in [2.24, 2.45) is 0 Å². The summed E-state index contributed by atoms with van der Waals surface area (Å²) in [5.41, 5.74) is 3.01. The number of carbonyl (C=O) groups is 2. The molecule has 2 rings (SSSR count). The third-order valence-electron chi connectivity index (χ3n) is 3.36. The van der Waals surface area contributed by atoms with Crippen molar-refractivity contribution in [1.82, 2.24) is 4.98 Å². The molecule has 1 N–H and O–H groups in total. The molecule has 0 radical (unpaired) electrons. The second-order valence-electron chi connectivity index (χ2n) is 7.15. The Kier molecular flexibility index (Phi) is 5.57. The zero-order chi connectivity index (χ0) is 18.6. The van der Waals surface area contributed by atoms with Gasteiger partial charge in [0.15, 0.2) is 5.78 Å². The number of amides is 1. The molecular weight excluding hydrogens is 316 g/mol. The number of aromatic nitrogens is 1. The van der Waals surface area contributed by atoms with Crippen molar-refractivity contribution in [2.45, 2.75) is 46.6 Å². The van der Waals surface area contributed by atoms with E-state index < -0.39 is 11.7 Å². The SMILES string of the molecule is Cc1cc(C)cc(C(=O)Cc2ccnc(NC(=O)OC(C)(C)C)c2)c1. The summed E-state index contributed by atoms with van der Waals surface area (Å²) in [7, 11) is 0. The summed E-state index contributed by atoms with van der Waals surface area (Å²) in [6.45, 7) is 9.31. The van der Waals surface area contributed by atoms with Gasteiger partial charge in [0.1, 0.15) is 11.4 Å². The van der Waals surface area contributed by atoms with Crippen LogP contribution in [0.2, 0.25) is 0 Å². The van der Waals surface area contributed by atoms with Crippen molar-refractivity contribution in [1.29, 1.82) is 0 Å². The van der Waals surface area contributed by atoms with E-state index in [1.165, 1.54) is 0 Å². The smallest absolute Gasteiger partial charge is 0.413 e. The van der Waals surface area contributed by atoms with Crippen LogP contribution in [0.3, 0.4) is 0 Å². The number of rotatable bonds is 4. The first kappa shape index (κ1) is 18.6. The molecule has 0 bridgehead atoms. The number of ketones is 1. The van der Waals surface area contributed by atoms with Crippen LogP contribution in [0.15, 0.2) is 36.5 Å². The number of pyridine rings is 1. The van der Waals surface area contributed by atoms with Gasteiger partial charge in [-0.05, 0) is 64.4 Å². The average Bonchev–Trinajstić information content (AvgIpc) is 2.44. The van der Waals surface area contributed by atoms with Crippen LogP contribution in [-0.4, -0.2) is 22.5 Å². The maximum absolute atomic E-state index is 12.5. The molecular formula is C20H24N2O3. The molecule has 1 aromatic carbocycles. The second kappa shape index (κ2) is 7.47. The monoisotopic (exact) mass is 340 g/mol. The summed E-state index contributed by atoms with van der Waals surface area (Å²) >= 11 is 0. The Morgan fingerprint density at radius 2 is 1.72 bits per heavy atom. The van der Waals surface area contributed by atoms with Gasteiger partial charge in [0.25, 0.3) is 0 Å². The van der Waals surface area contributed by atoms with E-state index in [4.69, 9.17) is 4.74 Å². The Balaban J connectivity index is 2.08. The third-order valence-corrected chi connectivity index (χ3v) is 3.36. The molecule has 1 aromatic heterocycles. The van der Waals surface area contributed by atoms with E-state index in [0.717, 1.165) is 16.7 Å². The lowest BCUT2D eigenvalue weighted by molar-refractivity contribution is 0.0635. The Bertz CT molecular complexity index is 772. The number of Topliss-reactive ketones (excluding diaryl/α,β-unsaturated/α-hetero) is 1. The zero-order valence-corrected chi connectivity index (χ0v) is 15.3. The summed E-state index contributed by atoms with van der Waals surface area (Å²) < 4.78 is 5.20. The van der Waals surface area contributed by atoms with Gasteiger partial charge in [-0.3, -0.25) is 10.1 Å². The molecule has 0 aliphatic rings. The molecule has 5 heteroatoms. The molecule has 0 fully saturated rings. The highest BCUT2D eigenvalue weighted by Crippen LogP contribution is 2.15. The molecule has 0 aliphatic heterocycles. The van der Waals surface area contributed by atoms with E-state index in [-0.39, 0.29) is 12.2 Å². The fourth-order valence-electron chi connectivity index (χ4n) is 2.48. The first-order valence-corrected chi connectivity index (χ1v) is 8.19. The molecule has 1 amide bonds. The van der Waals surface area contributed by atoms with Crippen molar-refractivity contribution in [3.8, 4) is 0 Å². The average molecular weight is 340 g/mol. The largest absolute Gasteiger partial charge is 0.444 e. The van der Waals surface area contributed by atoms with Gasteiger partial charge >= 0.3 is 6.09 Å². The minimum Gasteiger partial charge on any atom is -0.444 e. The highest BCUT2D eigenvalue weighted by atomic mass is 16.6. The standard InChI is InChI=1S/C20H24N2O3/c1-13-8-14(2)10-16(9-13)17(23)11-15-6-7-21-18(12-15)22-19(24)25-20(3,4)5/h6-10,12H,11H2,1-5H3,(H,21,22,24). The lowest BCUT2D eigenvalue weighted by Crippen LogP contribution is -2.27. The predicted octanol–water partition coefficient (Wildman–Crippen LogP) is 4.47. The summed E-state index contributed by atoms with van der Waals surface area (Å²) in [6, 6.07) is 9.25. The lowest BCUT2D eigenvalue weighted by atomic mass is 10.00. The molecule has 0 saturated carbocycles. The van der Waals surface area contributed by atoms with Gasteiger partial charge in [0.05, 0.1) is 0 Å². The summed E-state index contributed by atoms with van der Waals surface area (Å²) in [4.78, 5) is 28.4. The quantitative estimate of drug-likeness (QED) is 0.834. The van der Waals surface area contributed by atoms with Crippen LogP contribution in [0, 0.1) is 13.8 Å². The number of hydrogen-bond acceptors (Lipinski definition) is 4.